The molecule has 0 saturated heterocycles. The van der Waals surface area contributed by atoms with Crippen molar-refractivity contribution in [3.8, 4) is 18.1 Å². The highest BCUT2D eigenvalue weighted by Crippen LogP contribution is 2.36. The van der Waals surface area contributed by atoms with Crippen LogP contribution in [-0.4, -0.2) is 38.1 Å². The minimum atomic E-state index is -2.44. The van der Waals surface area contributed by atoms with Crippen LogP contribution in [0.3, 0.4) is 0 Å². The summed E-state index contributed by atoms with van der Waals surface area (Å²) in [5, 5.41) is 2.95. The second-order valence-corrected chi connectivity index (χ2v) is 7.22. The van der Waals surface area contributed by atoms with Crippen LogP contribution in [0.5, 0.6) is 5.75 Å². The van der Waals surface area contributed by atoms with Crippen LogP contribution in [0.15, 0.2) is 12.3 Å². The molecular formula is C12H15N2O4P. The van der Waals surface area contributed by atoms with Crippen LogP contribution in [-0.2, 0) is 9.30 Å². The van der Waals surface area contributed by atoms with Crippen molar-refractivity contribution in [3.05, 3.63) is 12.3 Å². The van der Waals surface area contributed by atoms with Crippen LogP contribution in [0.2, 0.25) is 0 Å². The van der Waals surface area contributed by atoms with Crippen molar-refractivity contribution in [2.45, 2.75) is 0 Å². The Morgan fingerprint density at radius 2 is 2.26 bits per heavy atom. The van der Waals surface area contributed by atoms with E-state index in [1.54, 1.807) is 19.4 Å². The third-order valence-electron chi connectivity index (χ3n) is 2.19. The van der Waals surface area contributed by atoms with Gasteiger partial charge in [0.25, 0.3) is 0 Å². The van der Waals surface area contributed by atoms with Crippen LogP contribution in [0, 0.1) is 12.3 Å². The van der Waals surface area contributed by atoms with E-state index in [0.717, 1.165) is 0 Å². The Labute approximate surface area is 111 Å². The molecule has 0 spiro atoms. The second kappa shape index (κ2) is 6.26. The summed E-state index contributed by atoms with van der Waals surface area (Å²) < 4.78 is 21.7. The van der Waals surface area contributed by atoms with E-state index < -0.39 is 13.2 Å². The molecule has 0 aliphatic rings. The molecule has 1 amide bonds. The fourth-order valence-corrected chi connectivity index (χ4v) is 1.98. The maximum Gasteiger partial charge on any atom is 0.413 e. The lowest BCUT2D eigenvalue weighted by molar-refractivity contribution is 0.176. The number of carbonyl (C=O) groups is 1. The Kier molecular flexibility index (Phi) is 4.96. The molecule has 0 bridgehead atoms. The molecule has 1 rings (SSSR count). The first-order valence-electron chi connectivity index (χ1n) is 5.35. The molecule has 0 aliphatic carbocycles. The van der Waals surface area contributed by atoms with Crippen LogP contribution in [0.4, 0.5) is 10.6 Å². The Morgan fingerprint density at radius 1 is 1.58 bits per heavy atom. The number of terminal acetylenes is 1. The summed E-state index contributed by atoms with van der Waals surface area (Å²) in [6.07, 6.45) is 5.67. The van der Waals surface area contributed by atoms with Crippen molar-refractivity contribution in [1.82, 2.24) is 4.98 Å². The van der Waals surface area contributed by atoms with Gasteiger partial charge in [-0.15, -0.1) is 6.42 Å². The molecule has 0 aliphatic heterocycles. The molecule has 1 N–H and O–H groups in total. The molecular weight excluding hydrogens is 267 g/mol. The predicted molar refractivity (Wildman–Crippen MR) is 73.7 cm³/mol. The van der Waals surface area contributed by atoms with Crippen LogP contribution < -0.4 is 15.4 Å². The fraction of sp³-hybridized carbons (Fsp3) is 0.333. The van der Waals surface area contributed by atoms with Crippen molar-refractivity contribution >= 4 is 24.4 Å². The number of amides is 1. The van der Waals surface area contributed by atoms with Crippen molar-refractivity contribution < 1.29 is 18.8 Å². The zero-order chi connectivity index (χ0) is 14.5. The average molecular weight is 282 g/mol. The Morgan fingerprint density at radius 3 is 2.79 bits per heavy atom. The minimum Gasteiger partial charge on any atom is -0.493 e. The third-order valence-corrected chi connectivity index (χ3v) is 3.68. The van der Waals surface area contributed by atoms with E-state index in [1.165, 1.54) is 13.3 Å². The quantitative estimate of drug-likeness (QED) is 0.669. The maximum atomic E-state index is 11.9. The summed E-state index contributed by atoms with van der Waals surface area (Å²) in [6.45, 7) is 3.11. The van der Waals surface area contributed by atoms with Crippen molar-refractivity contribution in [1.29, 1.82) is 0 Å². The number of hydrogen-bond acceptors (Lipinski definition) is 5. The normalized spacial score (nSPS) is 10.4. The van der Waals surface area contributed by atoms with Crippen molar-refractivity contribution in [2.24, 2.45) is 0 Å². The first-order chi connectivity index (χ1) is 8.88. The summed E-state index contributed by atoms with van der Waals surface area (Å²) in [5.41, 5.74) is 0. The van der Waals surface area contributed by atoms with Gasteiger partial charge in [0.1, 0.15) is 7.14 Å². The summed E-state index contributed by atoms with van der Waals surface area (Å²) in [5.74, 6) is 2.66. The molecule has 0 saturated carbocycles. The molecule has 102 valence electrons. The lowest BCUT2D eigenvalue weighted by Crippen LogP contribution is -2.17. The lowest BCUT2D eigenvalue weighted by atomic mass is 10.4. The predicted octanol–water partition coefficient (Wildman–Crippen LogP) is 1.52. The topological polar surface area (TPSA) is 77.5 Å². The number of anilines is 1. The highest BCUT2D eigenvalue weighted by Gasteiger charge is 2.16. The molecule has 0 radical (unpaired) electrons. The number of aromatic nitrogens is 1. The van der Waals surface area contributed by atoms with Gasteiger partial charge in [0.15, 0.2) is 18.2 Å². The van der Waals surface area contributed by atoms with E-state index in [-0.39, 0.29) is 12.4 Å². The van der Waals surface area contributed by atoms with Gasteiger partial charge in [-0.2, -0.15) is 0 Å². The molecule has 0 fully saturated rings. The number of pyridine rings is 1. The van der Waals surface area contributed by atoms with Gasteiger partial charge in [-0.1, -0.05) is 5.92 Å². The van der Waals surface area contributed by atoms with Gasteiger partial charge in [0, 0.05) is 11.5 Å². The monoisotopic (exact) mass is 282 g/mol. The van der Waals surface area contributed by atoms with E-state index in [4.69, 9.17) is 11.2 Å². The number of rotatable bonds is 4. The third kappa shape index (κ3) is 4.31. The summed E-state index contributed by atoms with van der Waals surface area (Å²) in [4.78, 5) is 15.3. The average Bonchev–Trinajstić information content (AvgIpc) is 2.35. The van der Waals surface area contributed by atoms with Gasteiger partial charge in [0.2, 0.25) is 0 Å². The van der Waals surface area contributed by atoms with Crippen LogP contribution in [0.25, 0.3) is 0 Å². The summed E-state index contributed by atoms with van der Waals surface area (Å²) >= 11 is 0. The minimum absolute atomic E-state index is 0.134. The number of nitrogens with zero attached hydrogens (tertiary/aromatic N) is 1. The van der Waals surface area contributed by atoms with Gasteiger partial charge in [-0.25, -0.2) is 9.78 Å². The van der Waals surface area contributed by atoms with E-state index in [0.29, 0.717) is 11.1 Å². The molecule has 1 heterocycles. The lowest BCUT2D eigenvalue weighted by Gasteiger charge is -2.12. The molecule has 1 aromatic rings. The van der Waals surface area contributed by atoms with E-state index >= 15 is 0 Å². The van der Waals surface area contributed by atoms with Crippen LogP contribution in [0.1, 0.15) is 0 Å². The van der Waals surface area contributed by atoms with E-state index in [2.05, 4.69) is 21.0 Å². The Bertz CT molecular complexity index is 559. The first-order valence-corrected chi connectivity index (χ1v) is 7.95. The molecule has 0 unspecified atom stereocenters. The molecule has 7 heteroatoms. The van der Waals surface area contributed by atoms with Crippen molar-refractivity contribution in [3.63, 3.8) is 0 Å². The number of hydrogen-bond donors (Lipinski definition) is 1. The number of nitrogens with one attached hydrogen (secondary N) is 1. The molecule has 19 heavy (non-hydrogen) atoms. The standard InChI is InChI=1S/C12H15N2O4P/c1-5-6-18-12(15)14-11-10(17-2)7-9(8-13-11)19(3,4)16/h1,7-8H,6H2,2-4H3,(H,13,14,15). The van der Waals surface area contributed by atoms with Gasteiger partial charge in [-0.3, -0.25) is 5.32 Å². The molecule has 0 atom stereocenters. The summed E-state index contributed by atoms with van der Waals surface area (Å²) in [6, 6.07) is 1.57. The molecule has 6 nitrogen and oxygen atoms in total. The number of ether oxygens (including phenoxy) is 2. The fourth-order valence-electron chi connectivity index (χ4n) is 1.22. The van der Waals surface area contributed by atoms with Gasteiger partial charge in [-0.05, 0) is 19.4 Å². The second-order valence-electron chi connectivity index (χ2n) is 4.00. The van der Waals surface area contributed by atoms with E-state index in [9.17, 15) is 9.36 Å². The van der Waals surface area contributed by atoms with Gasteiger partial charge < -0.3 is 14.0 Å². The van der Waals surface area contributed by atoms with Gasteiger partial charge in [0.05, 0.1) is 7.11 Å². The smallest absolute Gasteiger partial charge is 0.413 e. The van der Waals surface area contributed by atoms with Crippen LogP contribution >= 0.6 is 7.14 Å². The highest BCUT2D eigenvalue weighted by atomic mass is 31.2. The number of methoxy groups -OCH3 is 1. The van der Waals surface area contributed by atoms with Gasteiger partial charge >= 0.3 is 6.09 Å². The van der Waals surface area contributed by atoms with Crippen molar-refractivity contribution in [2.75, 3.05) is 32.4 Å². The summed E-state index contributed by atoms with van der Waals surface area (Å²) in [7, 11) is -1.02. The number of carbonyl (C=O) groups excluding carboxylic acids is 1. The Hall–Kier alpha value is -1.99. The zero-order valence-corrected chi connectivity index (χ0v) is 11.9. The maximum absolute atomic E-state index is 11.9. The molecule has 1 aromatic heterocycles. The molecule has 0 aromatic carbocycles. The zero-order valence-electron chi connectivity index (χ0n) is 11.0. The highest BCUT2D eigenvalue weighted by molar-refractivity contribution is 7.70. The van der Waals surface area contributed by atoms with E-state index in [1.807, 2.05) is 0 Å². The largest absolute Gasteiger partial charge is 0.493 e. The SMILES string of the molecule is C#CCOC(=O)Nc1ncc(P(C)(C)=O)cc1OC. The first kappa shape index (κ1) is 15.1. The Balaban J connectivity index is 2.94.